The summed E-state index contributed by atoms with van der Waals surface area (Å²) in [7, 11) is 0. The highest BCUT2D eigenvalue weighted by Crippen LogP contribution is 2.23. The standard InChI is InChI=1S/C26H40N2O10/c1-15(29)35-21(23(37-17(3)31)25(33)27-19-11-7-5-8-12-19)22(36-16(2)30)24(38-18(4)32)26(34)28-20-13-9-6-10-14-20/h19-24H,5-14H2,1-4H3,(H,27,33)(H,28,34)/t21-,22-,23-,24+/m1/s1. The van der Waals surface area contributed by atoms with E-state index in [2.05, 4.69) is 10.6 Å². The van der Waals surface area contributed by atoms with Crippen molar-refractivity contribution in [1.29, 1.82) is 0 Å². The van der Waals surface area contributed by atoms with Crippen molar-refractivity contribution in [3.63, 3.8) is 0 Å². The third kappa shape index (κ3) is 10.3. The van der Waals surface area contributed by atoms with E-state index in [-0.39, 0.29) is 12.1 Å². The third-order valence-corrected chi connectivity index (χ3v) is 6.53. The van der Waals surface area contributed by atoms with E-state index in [1.54, 1.807) is 0 Å². The fraction of sp³-hybridized carbons (Fsp3) is 0.769. The lowest BCUT2D eigenvalue weighted by atomic mass is 9.94. The quantitative estimate of drug-likeness (QED) is 0.291. The number of carbonyl (C=O) groups is 6. The van der Waals surface area contributed by atoms with Crippen LogP contribution in [0.5, 0.6) is 0 Å². The number of rotatable bonds is 11. The monoisotopic (exact) mass is 540 g/mol. The Morgan fingerprint density at radius 3 is 1.05 bits per heavy atom. The van der Waals surface area contributed by atoms with Gasteiger partial charge >= 0.3 is 23.9 Å². The van der Waals surface area contributed by atoms with Crippen LogP contribution in [0.15, 0.2) is 0 Å². The molecule has 0 radical (unpaired) electrons. The molecule has 2 rings (SSSR count). The minimum absolute atomic E-state index is 0.196. The van der Waals surface area contributed by atoms with Gasteiger partial charge in [-0.05, 0) is 25.7 Å². The molecule has 2 saturated carbocycles. The third-order valence-electron chi connectivity index (χ3n) is 6.53. The SMILES string of the molecule is CC(=O)O[C@H]([C@@H](OC(C)=O)[C@@H](OC(C)=O)C(=O)NC1CCCCC1)[C@H](OC(C)=O)C(=O)NC1CCCCC1. The zero-order valence-corrected chi connectivity index (χ0v) is 22.6. The van der Waals surface area contributed by atoms with E-state index in [1.807, 2.05) is 0 Å². The molecule has 12 heteroatoms. The number of nitrogens with one attached hydrogen (secondary N) is 2. The van der Waals surface area contributed by atoms with Crippen molar-refractivity contribution in [1.82, 2.24) is 10.6 Å². The van der Waals surface area contributed by atoms with Crippen molar-refractivity contribution in [3.05, 3.63) is 0 Å². The average Bonchev–Trinajstić information content (AvgIpc) is 2.84. The van der Waals surface area contributed by atoms with E-state index in [1.165, 1.54) is 0 Å². The lowest BCUT2D eigenvalue weighted by molar-refractivity contribution is -0.200. The van der Waals surface area contributed by atoms with Gasteiger partial charge in [-0.25, -0.2) is 0 Å². The molecule has 214 valence electrons. The van der Waals surface area contributed by atoms with E-state index in [0.29, 0.717) is 25.7 Å². The van der Waals surface area contributed by atoms with Crippen molar-refractivity contribution in [2.24, 2.45) is 0 Å². The summed E-state index contributed by atoms with van der Waals surface area (Å²) in [5.74, 6) is -5.12. The van der Waals surface area contributed by atoms with Gasteiger partial charge < -0.3 is 29.6 Å². The van der Waals surface area contributed by atoms with Crippen molar-refractivity contribution >= 4 is 35.7 Å². The zero-order chi connectivity index (χ0) is 28.2. The Morgan fingerprint density at radius 2 is 0.789 bits per heavy atom. The van der Waals surface area contributed by atoms with Gasteiger partial charge in [0.2, 0.25) is 12.2 Å². The van der Waals surface area contributed by atoms with Gasteiger partial charge in [0.05, 0.1) is 0 Å². The van der Waals surface area contributed by atoms with Crippen LogP contribution in [0.2, 0.25) is 0 Å². The van der Waals surface area contributed by atoms with Crippen LogP contribution in [0.25, 0.3) is 0 Å². The van der Waals surface area contributed by atoms with Crippen molar-refractivity contribution in [2.75, 3.05) is 0 Å². The Hall–Kier alpha value is -3.18. The molecule has 2 N–H and O–H groups in total. The normalized spacial score (nSPS) is 19.6. The van der Waals surface area contributed by atoms with Crippen molar-refractivity contribution < 1.29 is 47.7 Å². The molecule has 0 bridgehead atoms. The Morgan fingerprint density at radius 1 is 0.500 bits per heavy atom. The molecule has 2 aliphatic carbocycles. The molecular weight excluding hydrogens is 500 g/mol. The molecule has 0 aromatic carbocycles. The Kier molecular flexibility index (Phi) is 12.5. The van der Waals surface area contributed by atoms with Gasteiger partial charge in [0.1, 0.15) is 0 Å². The van der Waals surface area contributed by atoms with Crippen LogP contribution >= 0.6 is 0 Å². The number of ether oxygens (including phenoxy) is 4. The summed E-state index contributed by atoms with van der Waals surface area (Å²) in [5, 5.41) is 5.61. The molecule has 0 unspecified atom stereocenters. The average molecular weight is 541 g/mol. The highest BCUT2D eigenvalue weighted by molar-refractivity contribution is 5.87. The molecule has 12 nitrogen and oxygen atoms in total. The topological polar surface area (TPSA) is 163 Å². The van der Waals surface area contributed by atoms with E-state index in [4.69, 9.17) is 18.9 Å². The Bertz CT molecular complexity index is 794. The number of amides is 2. The van der Waals surface area contributed by atoms with Gasteiger partial charge in [-0.1, -0.05) is 38.5 Å². The largest absolute Gasteiger partial charge is 0.454 e. The summed E-state index contributed by atoms with van der Waals surface area (Å²) in [4.78, 5) is 75.0. The molecule has 4 atom stereocenters. The molecule has 2 amide bonds. The summed E-state index contributed by atoms with van der Waals surface area (Å²) >= 11 is 0. The van der Waals surface area contributed by atoms with E-state index >= 15 is 0 Å². The lowest BCUT2D eigenvalue weighted by Crippen LogP contribution is -2.60. The molecular formula is C26H40N2O10. The Labute approximate surface area is 222 Å². The van der Waals surface area contributed by atoms with Crippen molar-refractivity contribution in [2.45, 2.75) is 128 Å². The smallest absolute Gasteiger partial charge is 0.303 e. The fourth-order valence-electron chi connectivity index (χ4n) is 4.94. The van der Waals surface area contributed by atoms with Gasteiger partial charge in [0, 0.05) is 39.8 Å². The molecule has 0 aromatic rings. The summed E-state index contributed by atoms with van der Waals surface area (Å²) in [6.07, 6.45) is 1.38. The molecule has 0 heterocycles. The van der Waals surface area contributed by atoms with E-state index in [0.717, 1.165) is 66.2 Å². The van der Waals surface area contributed by atoms with Gasteiger partial charge in [0.15, 0.2) is 12.2 Å². The van der Waals surface area contributed by atoms with Crippen LogP contribution < -0.4 is 10.6 Å². The van der Waals surface area contributed by atoms with Crippen LogP contribution in [0.1, 0.15) is 91.9 Å². The predicted molar refractivity (Wildman–Crippen MR) is 132 cm³/mol. The number of carbonyl (C=O) groups excluding carboxylic acids is 6. The van der Waals surface area contributed by atoms with Gasteiger partial charge in [0.25, 0.3) is 11.8 Å². The number of hydrogen-bond donors (Lipinski definition) is 2. The van der Waals surface area contributed by atoms with Gasteiger partial charge in [-0.2, -0.15) is 0 Å². The van der Waals surface area contributed by atoms with Crippen LogP contribution in [-0.2, 0) is 47.7 Å². The minimum Gasteiger partial charge on any atom is -0.454 e. The molecule has 0 saturated heterocycles. The van der Waals surface area contributed by atoms with E-state index < -0.39 is 60.1 Å². The zero-order valence-electron chi connectivity index (χ0n) is 22.6. The summed E-state index contributed by atoms with van der Waals surface area (Å²) in [5.41, 5.74) is 0. The van der Waals surface area contributed by atoms with Gasteiger partial charge in [-0.3, -0.25) is 28.8 Å². The summed E-state index contributed by atoms with van der Waals surface area (Å²) in [6, 6.07) is -0.392. The van der Waals surface area contributed by atoms with Crippen LogP contribution in [0, 0.1) is 0 Å². The molecule has 2 fully saturated rings. The maximum absolute atomic E-state index is 13.4. The first kappa shape index (κ1) is 31.0. The van der Waals surface area contributed by atoms with Crippen LogP contribution in [-0.4, -0.2) is 72.2 Å². The summed E-state index contributed by atoms with van der Waals surface area (Å²) in [6.45, 7) is 4.22. The molecule has 2 aliphatic rings. The lowest BCUT2D eigenvalue weighted by Gasteiger charge is -2.35. The molecule has 0 aromatic heterocycles. The summed E-state index contributed by atoms with van der Waals surface area (Å²) < 4.78 is 21.3. The number of esters is 4. The van der Waals surface area contributed by atoms with Gasteiger partial charge in [-0.15, -0.1) is 0 Å². The maximum atomic E-state index is 13.4. The van der Waals surface area contributed by atoms with Crippen LogP contribution in [0.3, 0.4) is 0 Å². The highest BCUT2D eigenvalue weighted by atomic mass is 16.6. The molecule has 0 aliphatic heterocycles. The van der Waals surface area contributed by atoms with Crippen LogP contribution in [0.4, 0.5) is 0 Å². The maximum Gasteiger partial charge on any atom is 0.303 e. The van der Waals surface area contributed by atoms with Crippen molar-refractivity contribution in [3.8, 4) is 0 Å². The highest BCUT2D eigenvalue weighted by Gasteiger charge is 2.49. The first-order chi connectivity index (χ1) is 18.0. The second kappa shape index (κ2) is 15.3. The predicted octanol–water partition coefficient (Wildman–Crippen LogP) is 1.61. The molecule has 38 heavy (non-hydrogen) atoms. The minimum atomic E-state index is -1.79. The Balaban J connectivity index is 2.46. The first-order valence-electron chi connectivity index (χ1n) is 13.3. The fourth-order valence-corrected chi connectivity index (χ4v) is 4.94. The second-order valence-corrected chi connectivity index (χ2v) is 9.90. The number of hydrogen-bond acceptors (Lipinski definition) is 10. The van der Waals surface area contributed by atoms with E-state index in [9.17, 15) is 28.8 Å². The second-order valence-electron chi connectivity index (χ2n) is 9.90. The first-order valence-corrected chi connectivity index (χ1v) is 13.3. The molecule has 0 spiro atoms.